The number of amides is 4. The standard InChI is InChI=1S/C58H82N10O12/c1-35(2)23-45-55(73)77-39(9)51(69)63(11)48(26-38(7)8)58(76)80-50(28-42-17-21-44(22-18-42)30-68-34-60-32-62-68)54(72)66(14)46(24-36(3)4)56(74)78-40(10)52(70)64(12)47(25-37(5)6)57(75)79-49(53(71)65(45)13)27-41-15-19-43(20-16-41)29-67-33-59-31-61-67/h15-22,31-40,45-50H,23-30H2,1-14H3/t39-,40-,45+,46+,47+,48+,49-,50-/m1/s1. The Labute approximate surface area is 469 Å². The van der Waals surface area contributed by atoms with Crippen molar-refractivity contribution in [2.45, 2.75) is 169 Å². The number of cyclic esters (lactones) is 4. The number of esters is 4. The molecule has 0 spiro atoms. The summed E-state index contributed by atoms with van der Waals surface area (Å²) in [5.74, 6) is -7.50. The fourth-order valence-corrected chi connectivity index (χ4v) is 9.47. The zero-order valence-electron chi connectivity index (χ0n) is 48.9. The summed E-state index contributed by atoms with van der Waals surface area (Å²) in [6.07, 6.45) is -0.0217. The topological polar surface area (TPSA) is 248 Å². The Morgan fingerprint density at radius 3 is 0.925 bits per heavy atom. The summed E-state index contributed by atoms with van der Waals surface area (Å²) in [4.78, 5) is 130. The Kier molecular flexibility index (Phi) is 23.0. The Morgan fingerprint density at radius 1 is 0.400 bits per heavy atom. The predicted octanol–water partition coefficient (Wildman–Crippen LogP) is 4.94. The van der Waals surface area contributed by atoms with E-state index in [1.165, 1.54) is 54.7 Å². The van der Waals surface area contributed by atoms with Crippen molar-refractivity contribution in [2.24, 2.45) is 23.7 Å². The van der Waals surface area contributed by atoms with E-state index in [0.29, 0.717) is 24.2 Å². The Balaban J connectivity index is 1.59. The third kappa shape index (κ3) is 17.7. The minimum Gasteiger partial charge on any atom is -0.451 e. The van der Waals surface area contributed by atoms with E-state index in [0.717, 1.165) is 30.7 Å². The molecule has 0 aliphatic carbocycles. The highest BCUT2D eigenvalue weighted by molar-refractivity contribution is 5.94. The van der Waals surface area contributed by atoms with Crippen LogP contribution in [0.4, 0.5) is 0 Å². The first kappa shape index (κ1) is 63.3. The SMILES string of the molecule is CC(C)C[C@H]1C(=O)O[C@H](Cc2ccc(Cn3cncn3)cc2)C(=O)N(C)[C@@H](CC(C)C)C(=O)O[C@H](C)C(=O)N(C)[C@@H](CC(C)C)C(=O)O[C@H](Cc2ccc(Cn3cncn3)cc2)C(=O)N(C)[C@@H](CC(C)C)C(=O)O[C@H](C)C(=O)N1C. The van der Waals surface area contributed by atoms with Gasteiger partial charge >= 0.3 is 23.9 Å². The first-order valence-corrected chi connectivity index (χ1v) is 27.4. The van der Waals surface area contributed by atoms with Crippen LogP contribution in [-0.2, 0) is 83.2 Å². The zero-order valence-corrected chi connectivity index (χ0v) is 48.9. The first-order chi connectivity index (χ1) is 37.7. The Morgan fingerprint density at radius 2 is 0.662 bits per heavy atom. The number of hydrogen-bond donors (Lipinski definition) is 0. The second-order valence-electron chi connectivity index (χ2n) is 22.6. The molecule has 0 bridgehead atoms. The Hall–Kier alpha value is -7.52. The van der Waals surface area contributed by atoms with Crippen LogP contribution >= 0.6 is 0 Å². The van der Waals surface area contributed by atoms with Gasteiger partial charge in [-0.15, -0.1) is 0 Å². The van der Waals surface area contributed by atoms with Gasteiger partial charge in [0.15, 0.2) is 24.4 Å². The van der Waals surface area contributed by atoms with Gasteiger partial charge in [0.2, 0.25) is 0 Å². The Bertz CT molecular complexity index is 2500. The molecule has 0 N–H and O–H groups in total. The molecule has 1 aliphatic heterocycles. The number of hydrogen-bond acceptors (Lipinski definition) is 16. The monoisotopic (exact) mass is 1110 g/mol. The minimum absolute atomic E-state index is 0.0774. The molecule has 0 radical (unpaired) electrons. The number of aromatic nitrogens is 6. The predicted molar refractivity (Wildman–Crippen MR) is 293 cm³/mol. The lowest BCUT2D eigenvalue weighted by molar-refractivity contribution is -0.176. The third-order valence-corrected chi connectivity index (χ3v) is 14.0. The van der Waals surface area contributed by atoms with Crippen LogP contribution in [0, 0.1) is 23.7 Å². The lowest BCUT2D eigenvalue weighted by atomic mass is 9.99. The molecule has 2 aromatic carbocycles. The van der Waals surface area contributed by atoms with Gasteiger partial charge in [-0.05, 0) is 85.5 Å². The maximum absolute atomic E-state index is 15.0. The van der Waals surface area contributed by atoms with Crippen molar-refractivity contribution in [3.05, 3.63) is 96.1 Å². The molecule has 3 heterocycles. The highest BCUT2D eigenvalue weighted by Gasteiger charge is 2.43. The van der Waals surface area contributed by atoms with E-state index >= 15 is 0 Å². The van der Waals surface area contributed by atoms with Crippen molar-refractivity contribution >= 4 is 47.5 Å². The van der Waals surface area contributed by atoms with Crippen LogP contribution in [-0.4, -0.2) is 173 Å². The van der Waals surface area contributed by atoms with E-state index in [1.54, 1.807) is 46.3 Å². The number of carbonyl (C=O) groups excluding carboxylic acids is 8. The number of benzene rings is 2. The maximum Gasteiger partial charge on any atom is 0.329 e. The molecule has 0 saturated carbocycles. The van der Waals surface area contributed by atoms with Crippen molar-refractivity contribution in [3.63, 3.8) is 0 Å². The number of rotatable bonds is 16. The van der Waals surface area contributed by atoms with E-state index in [1.807, 2.05) is 79.7 Å². The van der Waals surface area contributed by atoms with Gasteiger partial charge in [-0.2, -0.15) is 10.2 Å². The molecular weight excluding hydrogens is 1030 g/mol. The molecule has 4 amide bonds. The minimum atomic E-state index is -1.54. The van der Waals surface area contributed by atoms with E-state index < -0.39 is 96.1 Å². The second kappa shape index (κ2) is 29.1. The normalized spacial score (nSPS) is 23.2. The quantitative estimate of drug-likeness (QED) is 0.106. The molecule has 1 aliphatic rings. The molecule has 436 valence electrons. The van der Waals surface area contributed by atoms with Gasteiger partial charge in [0, 0.05) is 41.0 Å². The third-order valence-electron chi connectivity index (χ3n) is 14.0. The van der Waals surface area contributed by atoms with Crippen molar-refractivity contribution in [2.75, 3.05) is 28.2 Å². The van der Waals surface area contributed by atoms with E-state index in [-0.39, 0.29) is 62.2 Å². The van der Waals surface area contributed by atoms with E-state index in [9.17, 15) is 38.4 Å². The largest absolute Gasteiger partial charge is 0.451 e. The van der Waals surface area contributed by atoms with Gasteiger partial charge in [0.05, 0.1) is 13.1 Å². The molecule has 22 nitrogen and oxygen atoms in total. The lowest BCUT2D eigenvalue weighted by Gasteiger charge is -2.35. The van der Waals surface area contributed by atoms with Crippen molar-refractivity contribution in [1.29, 1.82) is 0 Å². The van der Waals surface area contributed by atoms with Crippen LogP contribution in [0.15, 0.2) is 73.8 Å². The summed E-state index contributed by atoms with van der Waals surface area (Å²) >= 11 is 0. The highest BCUT2D eigenvalue weighted by Crippen LogP contribution is 2.25. The van der Waals surface area contributed by atoms with Gasteiger partial charge in [-0.25, -0.2) is 38.5 Å². The number of carbonyl (C=O) groups is 8. The lowest BCUT2D eigenvalue weighted by Crippen LogP contribution is -2.55. The number of ether oxygens (including phenoxy) is 4. The van der Waals surface area contributed by atoms with Crippen LogP contribution < -0.4 is 0 Å². The molecule has 5 rings (SSSR count). The number of likely N-dealkylation sites (N-methyl/N-ethyl adjacent to an activating group) is 4. The molecule has 80 heavy (non-hydrogen) atoms. The summed E-state index contributed by atoms with van der Waals surface area (Å²) in [5, 5.41) is 8.33. The van der Waals surface area contributed by atoms with Crippen LogP contribution in [0.5, 0.6) is 0 Å². The van der Waals surface area contributed by atoms with E-state index in [2.05, 4.69) is 20.2 Å². The molecule has 2 aromatic heterocycles. The van der Waals surface area contributed by atoms with E-state index in [4.69, 9.17) is 18.9 Å². The summed E-state index contributed by atoms with van der Waals surface area (Å²) in [6.45, 7) is 18.3. The molecule has 4 aromatic rings. The summed E-state index contributed by atoms with van der Waals surface area (Å²) in [7, 11) is 5.54. The smallest absolute Gasteiger partial charge is 0.329 e. The van der Waals surface area contributed by atoms with Gasteiger partial charge in [0.1, 0.15) is 49.5 Å². The molecule has 8 atom stereocenters. The highest BCUT2D eigenvalue weighted by atomic mass is 16.6. The van der Waals surface area contributed by atoms with Crippen molar-refractivity contribution in [1.82, 2.24) is 49.1 Å². The fraction of sp³-hybridized carbons (Fsp3) is 0.586. The van der Waals surface area contributed by atoms with Gasteiger partial charge in [-0.3, -0.25) is 19.2 Å². The van der Waals surface area contributed by atoms with Crippen LogP contribution in [0.3, 0.4) is 0 Å². The zero-order chi connectivity index (χ0) is 59.1. The molecule has 0 unspecified atom stereocenters. The average molecular weight is 1110 g/mol. The fourth-order valence-electron chi connectivity index (χ4n) is 9.47. The summed E-state index contributed by atoms with van der Waals surface area (Å²) in [6, 6.07) is 9.31. The van der Waals surface area contributed by atoms with Gasteiger partial charge in [-0.1, -0.05) is 104 Å². The van der Waals surface area contributed by atoms with Gasteiger partial charge < -0.3 is 38.5 Å². The van der Waals surface area contributed by atoms with Gasteiger partial charge in [0.25, 0.3) is 23.6 Å². The average Bonchev–Trinajstić information content (AvgIpc) is 4.14. The summed E-state index contributed by atoms with van der Waals surface area (Å²) in [5.41, 5.74) is 2.95. The first-order valence-electron chi connectivity index (χ1n) is 27.4. The molecule has 22 heteroatoms. The number of nitrogens with zero attached hydrogens (tertiary/aromatic N) is 10. The molecule has 1 fully saturated rings. The second-order valence-corrected chi connectivity index (χ2v) is 22.6. The molecule has 1 saturated heterocycles. The van der Waals surface area contributed by atoms with Crippen LogP contribution in [0.1, 0.15) is 117 Å². The van der Waals surface area contributed by atoms with Crippen molar-refractivity contribution in [3.8, 4) is 0 Å². The maximum atomic E-state index is 15.0. The van der Waals surface area contributed by atoms with Crippen molar-refractivity contribution < 1.29 is 57.3 Å². The van der Waals surface area contributed by atoms with Crippen LogP contribution in [0.25, 0.3) is 0 Å². The van der Waals surface area contributed by atoms with Crippen LogP contribution in [0.2, 0.25) is 0 Å². The molecular formula is C58H82N10O12. The summed E-state index contributed by atoms with van der Waals surface area (Å²) < 4.78 is 27.4.